The maximum absolute atomic E-state index is 6.11. The van der Waals surface area contributed by atoms with E-state index in [4.69, 9.17) is 9.73 Å². The molecule has 2 N–H and O–H groups in total. The van der Waals surface area contributed by atoms with Crippen molar-refractivity contribution in [3.05, 3.63) is 42.4 Å². The van der Waals surface area contributed by atoms with Crippen LogP contribution in [0.5, 0.6) is 5.88 Å². The van der Waals surface area contributed by atoms with E-state index >= 15 is 0 Å². The lowest BCUT2D eigenvalue weighted by Crippen LogP contribution is -2.38. The molecule has 0 aromatic carbocycles. The molecule has 0 amide bonds. The molecule has 2 aromatic rings. The molecule has 146 valence electrons. The molecule has 3 rings (SSSR count). The minimum absolute atomic E-state index is 0.302. The number of aryl methyl sites for hydroxylation is 1. The Hall–Kier alpha value is -2.57. The van der Waals surface area contributed by atoms with E-state index in [0.717, 1.165) is 56.3 Å². The molecular formula is C20H30N6O. The summed E-state index contributed by atoms with van der Waals surface area (Å²) in [4.78, 5) is 9.13. The second kappa shape index (κ2) is 10.5. The smallest absolute Gasteiger partial charge is 0.218 e. The van der Waals surface area contributed by atoms with Crippen molar-refractivity contribution in [2.45, 2.75) is 58.2 Å². The van der Waals surface area contributed by atoms with Crippen molar-refractivity contribution in [2.75, 3.05) is 13.1 Å². The van der Waals surface area contributed by atoms with Gasteiger partial charge < -0.3 is 15.4 Å². The summed E-state index contributed by atoms with van der Waals surface area (Å²) in [6, 6.07) is 5.93. The number of nitrogens with zero attached hydrogens (tertiary/aromatic N) is 4. The van der Waals surface area contributed by atoms with Crippen LogP contribution in [0.4, 0.5) is 0 Å². The number of pyridine rings is 1. The van der Waals surface area contributed by atoms with E-state index in [1.54, 1.807) is 12.4 Å². The normalized spacial score (nSPS) is 15.1. The Kier molecular flexibility index (Phi) is 7.50. The number of hydrogen-bond acceptors (Lipinski definition) is 4. The Labute approximate surface area is 161 Å². The molecule has 7 nitrogen and oxygen atoms in total. The number of rotatable bonds is 9. The van der Waals surface area contributed by atoms with Gasteiger partial charge in [-0.3, -0.25) is 4.68 Å². The van der Waals surface area contributed by atoms with Gasteiger partial charge in [0.05, 0.1) is 6.54 Å². The summed E-state index contributed by atoms with van der Waals surface area (Å²) in [5.74, 6) is 1.54. The van der Waals surface area contributed by atoms with Crippen LogP contribution in [-0.4, -0.2) is 39.9 Å². The Morgan fingerprint density at radius 1 is 1.26 bits per heavy atom. The first-order valence-electron chi connectivity index (χ1n) is 9.95. The minimum atomic E-state index is 0.302. The molecule has 1 aliphatic carbocycles. The SMILES string of the molecule is CCNC(=NCc1cccnc1OC1CCCC1)NCCCn1cccn1. The first kappa shape index (κ1) is 19.2. The second-order valence-corrected chi connectivity index (χ2v) is 6.74. The van der Waals surface area contributed by atoms with Crippen LogP contribution in [0.1, 0.15) is 44.6 Å². The zero-order valence-electron chi connectivity index (χ0n) is 16.1. The molecule has 27 heavy (non-hydrogen) atoms. The van der Waals surface area contributed by atoms with Crippen molar-refractivity contribution in [3.8, 4) is 5.88 Å². The highest BCUT2D eigenvalue weighted by Crippen LogP contribution is 2.25. The van der Waals surface area contributed by atoms with E-state index in [1.807, 2.05) is 29.1 Å². The van der Waals surface area contributed by atoms with Crippen LogP contribution in [-0.2, 0) is 13.1 Å². The molecule has 0 unspecified atom stereocenters. The van der Waals surface area contributed by atoms with Gasteiger partial charge in [-0.2, -0.15) is 5.10 Å². The summed E-state index contributed by atoms with van der Waals surface area (Å²) in [5.41, 5.74) is 1.03. The van der Waals surface area contributed by atoms with Crippen molar-refractivity contribution < 1.29 is 4.74 Å². The predicted molar refractivity (Wildman–Crippen MR) is 107 cm³/mol. The molecule has 0 atom stereocenters. The van der Waals surface area contributed by atoms with Gasteiger partial charge >= 0.3 is 0 Å². The minimum Gasteiger partial charge on any atom is -0.474 e. The lowest BCUT2D eigenvalue weighted by atomic mass is 10.2. The first-order valence-corrected chi connectivity index (χ1v) is 9.95. The molecule has 0 bridgehead atoms. The maximum Gasteiger partial charge on any atom is 0.218 e. The molecule has 2 heterocycles. The first-order chi connectivity index (χ1) is 13.3. The highest BCUT2D eigenvalue weighted by Gasteiger charge is 2.18. The van der Waals surface area contributed by atoms with Crippen molar-refractivity contribution >= 4 is 5.96 Å². The van der Waals surface area contributed by atoms with Crippen molar-refractivity contribution in [3.63, 3.8) is 0 Å². The average Bonchev–Trinajstić information content (AvgIpc) is 3.38. The number of aliphatic imine (C=N–C) groups is 1. The van der Waals surface area contributed by atoms with E-state index in [9.17, 15) is 0 Å². The third kappa shape index (κ3) is 6.27. The van der Waals surface area contributed by atoms with E-state index in [1.165, 1.54) is 12.8 Å². The van der Waals surface area contributed by atoms with Gasteiger partial charge in [-0.05, 0) is 51.2 Å². The third-order valence-corrected chi connectivity index (χ3v) is 4.60. The van der Waals surface area contributed by atoms with E-state index < -0.39 is 0 Å². The molecule has 0 aliphatic heterocycles. The van der Waals surface area contributed by atoms with Crippen molar-refractivity contribution in [1.82, 2.24) is 25.4 Å². The lowest BCUT2D eigenvalue weighted by Gasteiger charge is -2.15. The number of hydrogen-bond donors (Lipinski definition) is 2. The van der Waals surface area contributed by atoms with Gasteiger partial charge in [-0.25, -0.2) is 9.98 Å². The topological polar surface area (TPSA) is 76.4 Å². The number of nitrogens with one attached hydrogen (secondary N) is 2. The quantitative estimate of drug-likeness (QED) is 0.403. The summed E-state index contributed by atoms with van der Waals surface area (Å²) in [7, 11) is 0. The molecule has 7 heteroatoms. The highest BCUT2D eigenvalue weighted by molar-refractivity contribution is 5.79. The zero-order chi connectivity index (χ0) is 18.7. The number of ether oxygens (including phenoxy) is 1. The number of aromatic nitrogens is 3. The van der Waals surface area contributed by atoms with Gasteiger partial charge in [0, 0.05) is 43.8 Å². The number of guanidine groups is 1. The van der Waals surface area contributed by atoms with Gasteiger partial charge in [0.1, 0.15) is 6.10 Å². The van der Waals surface area contributed by atoms with Crippen LogP contribution in [0, 0.1) is 0 Å². The van der Waals surface area contributed by atoms with Crippen molar-refractivity contribution in [2.24, 2.45) is 4.99 Å². The molecule has 0 spiro atoms. The Bertz CT molecular complexity index is 694. The standard InChI is InChI=1S/C20H30N6O/c1-2-21-20(23-12-6-14-26-15-7-13-25-26)24-16-17-8-5-11-22-19(17)27-18-9-3-4-10-18/h5,7-8,11,13,15,18H,2-4,6,9-10,12,14,16H2,1H3,(H2,21,23,24). The fourth-order valence-electron chi connectivity index (χ4n) is 3.20. The van der Waals surface area contributed by atoms with Crippen molar-refractivity contribution in [1.29, 1.82) is 0 Å². The van der Waals surface area contributed by atoms with Gasteiger partial charge in [-0.1, -0.05) is 6.07 Å². The molecule has 0 saturated heterocycles. The third-order valence-electron chi connectivity index (χ3n) is 4.60. The molecule has 1 aliphatic rings. The second-order valence-electron chi connectivity index (χ2n) is 6.74. The largest absolute Gasteiger partial charge is 0.474 e. The van der Waals surface area contributed by atoms with Crippen LogP contribution in [0.15, 0.2) is 41.8 Å². The lowest BCUT2D eigenvalue weighted by molar-refractivity contribution is 0.199. The molecule has 2 aromatic heterocycles. The summed E-state index contributed by atoms with van der Waals surface area (Å²) in [6.07, 6.45) is 11.6. The fraction of sp³-hybridized carbons (Fsp3) is 0.550. The zero-order valence-corrected chi connectivity index (χ0v) is 16.1. The summed E-state index contributed by atoms with van der Waals surface area (Å²) in [5, 5.41) is 10.9. The summed E-state index contributed by atoms with van der Waals surface area (Å²) in [6.45, 7) is 5.17. The Morgan fingerprint density at radius 2 is 2.15 bits per heavy atom. The summed E-state index contributed by atoms with van der Waals surface area (Å²) >= 11 is 0. The fourth-order valence-corrected chi connectivity index (χ4v) is 3.20. The van der Waals surface area contributed by atoms with E-state index in [2.05, 4.69) is 27.6 Å². The van der Waals surface area contributed by atoms with Gasteiger partial charge in [-0.15, -0.1) is 0 Å². The van der Waals surface area contributed by atoms with Crippen LogP contribution >= 0.6 is 0 Å². The van der Waals surface area contributed by atoms with Gasteiger partial charge in [0.2, 0.25) is 5.88 Å². The van der Waals surface area contributed by atoms with E-state index in [-0.39, 0.29) is 0 Å². The van der Waals surface area contributed by atoms with Gasteiger partial charge in [0.25, 0.3) is 0 Å². The summed E-state index contributed by atoms with van der Waals surface area (Å²) < 4.78 is 8.05. The van der Waals surface area contributed by atoms with Crippen LogP contribution < -0.4 is 15.4 Å². The predicted octanol–water partition coefficient (Wildman–Crippen LogP) is 2.74. The molecule has 1 saturated carbocycles. The van der Waals surface area contributed by atoms with Crippen LogP contribution in [0.2, 0.25) is 0 Å². The van der Waals surface area contributed by atoms with E-state index in [0.29, 0.717) is 12.6 Å². The Balaban J connectivity index is 1.52. The van der Waals surface area contributed by atoms with Crippen LogP contribution in [0.25, 0.3) is 0 Å². The average molecular weight is 371 g/mol. The monoisotopic (exact) mass is 370 g/mol. The Morgan fingerprint density at radius 3 is 2.93 bits per heavy atom. The molecular weight excluding hydrogens is 340 g/mol. The maximum atomic E-state index is 6.11. The van der Waals surface area contributed by atoms with Crippen LogP contribution in [0.3, 0.4) is 0 Å². The molecule has 0 radical (unpaired) electrons. The highest BCUT2D eigenvalue weighted by atomic mass is 16.5. The van der Waals surface area contributed by atoms with Gasteiger partial charge in [0.15, 0.2) is 5.96 Å². The molecule has 1 fully saturated rings.